The maximum absolute atomic E-state index is 13.7. The summed E-state index contributed by atoms with van der Waals surface area (Å²) in [6.07, 6.45) is 1.13. The van der Waals surface area contributed by atoms with Gasteiger partial charge in [0.15, 0.2) is 0 Å². The van der Waals surface area contributed by atoms with Gasteiger partial charge < -0.3 is 15.1 Å². The molecule has 0 atom stereocenters. The fourth-order valence-electron chi connectivity index (χ4n) is 3.76. The highest BCUT2D eigenvalue weighted by molar-refractivity contribution is 6.07. The molecule has 2 aromatic carbocycles. The first-order chi connectivity index (χ1) is 13.6. The molecule has 2 aromatic rings. The molecule has 0 spiro atoms. The van der Waals surface area contributed by atoms with Crippen molar-refractivity contribution in [1.82, 2.24) is 10.2 Å². The highest BCUT2D eigenvalue weighted by Gasteiger charge is 2.58. The number of hydrogen-bond donors (Lipinski definition) is 1. The van der Waals surface area contributed by atoms with Gasteiger partial charge in [0.05, 0.1) is 0 Å². The average molecular weight is 381 g/mol. The zero-order chi connectivity index (χ0) is 19.6. The summed E-state index contributed by atoms with van der Waals surface area (Å²) in [5.41, 5.74) is 0.620. The Kier molecular flexibility index (Phi) is 5.03. The number of carbonyl (C=O) groups excluding carboxylic acids is 2. The van der Waals surface area contributed by atoms with Gasteiger partial charge in [0.25, 0.3) is 0 Å². The van der Waals surface area contributed by atoms with Gasteiger partial charge in [-0.3, -0.25) is 9.59 Å². The number of halogens is 1. The van der Waals surface area contributed by atoms with Crippen molar-refractivity contribution in [1.29, 1.82) is 0 Å². The highest BCUT2D eigenvalue weighted by Crippen LogP contribution is 2.47. The van der Waals surface area contributed by atoms with Crippen LogP contribution in [-0.2, 0) is 16.1 Å². The Balaban J connectivity index is 1.34. The molecule has 1 N–H and O–H groups in total. The third-order valence-electron chi connectivity index (χ3n) is 5.68. The van der Waals surface area contributed by atoms with E-state index in [1.165, 1.54) is 6.07 Å². The Hall–Kier alpha value is -2.89. The number of hydrogen-bond acceptors (Lipinski definition) is 3. The molecule has 6 heteroatoms. The van der Waals surface area contributed by atoms with Gasteiger partial charge >= 0.3 is 0 Å². The summed E-state index contributed by atoms with van der Waals surface area (Å²) in [7, 11) is 0. The summed E-state index contributed by atoms with van der Waals surface area (Å²) in [6.45, 7) is 2.82. The third kappa shape index (κ3) is 3.59. The van der Waals surface area contributed by atoms with Crippen molar-refractivity contribution in [3.8, 4) is 0 Å². The van der Waals surface area contributed by atoms with E-state index in [0.717, 1.165) is 18.8 Å². The number of para-hydroxylation sites is 1. The molecule has 1 heterocycles. The first-order valence-electron chi connectivity index (χ1n) is 9.71. The molecule has 146 valence electrons. The lowest BCUT2D eigenvalue weighted by Gasteiger charge is -2.37. The first-order valence-corrected chi connectivity index (χ1v) is 9.71. The van der Waals surface area contributed by atoms with Gasteiger partial charge in [0.1, 0.15) is 11.2 Å². The second-order valence-corrected chi connectivity index (χ2v) is 7.47. The Morgan fingerprint density at radius 2 is 1.57 bits per heavy atom. The van der Waals surface area contributed by atoms with Crippen molar-refractivity contribution in [2.75, 3.05) is 31.1 Å². The van der Waals surface area contributed by atoms with E-state index in [-0.39, 0.29) is 24.2 Å². The Labute approximate surface area is 164 Å². The molecule has 4 rings (SSSR count). The van der Waals surface area contributed by atoms with Gasteiger partial charge in [0.2, 0.25) is 11.8 Å². The highest BCUT2D eigenvalue weighted by atomic mass is 19.1. The fraction of sp³-hybridized carbons (Fsp3) is 0.364. The normalized spacial score (nSPS) is 17.9. The summed E-state index contributed by atoms with van der Waals surface area (Å²) in [4.78, 5) is 29.8. The molecule has 2 aliphatic rings. The Morgan fingerprint density at radius 3 is 2.21 bits per heavy atom. The first kappa shape index (κ1) is 18.5. The second-order valence-electron chi connectivity index (χ2n) is 7.47. The van der Waals surface area contributed by atoms with Gasteiger partial charge in [-0.05, 0) is 31.0 Å². The number of amides is 2. The van der Waals surface area contributed by atoms with E-state index in [0.29, 0.717) is 31.5 Å². The monoisotopic (exact) mass is 381 g/mol. The van der Waals surface area contributed by atoms with Crippen LogP contribution >= 0.6 is 0 Å². The van der Waals surface area contributed by atoms with Gasteiger partial charge in [-0.15, -0.1) is 0 Å². The number of carbonyl (C=O) groups is 2. The molecule has 1 saturated heterocycles. The molecule has 1 aliphatic heterocycles. The largest absolute Gasteiger partial charge is 0.368 e. The zero-order valence-corrected chi connectivity index (χ0v) is 15.7. The van der Waals surface area contributed by atoms with E-state index in [1.807, 2.05) is 18.2 Å². The lowest BCUT2D eigenvalue weighted by molar-refractivity contribution is -0.144. The summed E-state index contributed by atoms with van der Waals surface area (Å²) in [5.74, 6) is -0.728. The maximum Gasteiger partial charge on any atom is 0.238 e. The lowest BCUT2D eigenvalue weighted by Crippen LogP contribution is -2.53. The minimum absolute atomic E-state index is 0.0914. The van der Waals surface area contributed by atoms with Crippen molar-refractivity contribution in [3.05, 3.63) is 66.0 Å². The summed E-state index contributed by atoms with van der Waals surface area (Å²) in [5, 5.41) is 2.76. The minimum Gasteiger partial charge on any atom is -0.368 e. The average Bonchev–Trinajstić information content (AvgIpc) is 3.55. The number of nitrogens with zero attached hydrogens (tertiary/aromatic N) is 2. The molecule has 2 fully saturated rings. The van der Waals surface area contributed by atoms with E-state index in [1.54, 1.807) is 23.1 Å². The molecule has 0 radical (unpaired) electrons. The van der Waals surface area contributed by atoms with E-state index < -0.39 is 5.41 Å². The van der Waals surface area contributed by atoms with Gasteiger partial charge in [-0.2, -0.15) is 0 Å². The lowest BCUT2D eigenvalue weighted by atomic mass is 10.0. The predicted molar refractivity (Wildman–Crippen MR) is 105 cm³/mol. The van der Waals surface area contributed by atoms with Crippen LogP contribution in [0.1, 0.15) is 18.4 Å². The molecule has 0 unspecified atom stereocenters. The number of anilines is 1. The van der Waals surface area contributed by atoms with Crippen LogP contribution in [0.2, 0.25) is 0 Å². The van der Waals surface area contributed by atoms with Crippen LogP contribution in [0.4, 0.5) is 10.1 Å². The topological polar surface area (TPSA) is 52.7 Å². The van der Waals surface area contributed by atoms with Crippen molar-refractivity contribution in [2.24, 2.45) is 5.41 Å². The summed E-state index contributed by atoms with van der Waals surface area (Å²) in [6, 6.07) is 16.5. The quantitative estimate of drug-likeness (QED) is 0.810. The van der Waals surface area contributed by atoms with Crippen molar-refractivity contribution < 1.29 is 14.0 Å². The molecule has 2 amide bonds. The summed E-state index contributed by atoms with van der Waals surface area (Å²) >= 11 is 0. The smallest absolute Gasteiger partial charge is 0.238 e. The number of nitrogens with one attached hydrogen (secondary N) is 1. The maximum atomic E-state index is 13.7. The zero-order valence-electron chi connectivity index (χ0n) is 15.7. The van der Waals surface area contributed by atoms with Crippen LogP contribution in [0.25, 0.3) is 0 Å². The van der Waals surface area contributed by atoms with E-state index >= 15 is 0 Å². The SMILES string of the molecule is O=C(NCc1ccccc1F)C1(C(=O)N2CCN(c3ccccc3)CC2)CC1. The van der Waals surface area contributed by atoms with Gasteiger partial charge in [0, 0.05) is 44.0 Å². The van der Waals surface area contributed by atoms with Crippen LogP contribution in [0, 0.1) is 11.2 Å². The molecule has 0 bridgehead atoms. The Morgan fingerprint density at radius 1 is 0.929 bits per heavy atom. The molecule has 28 heavy (non-hydrogen) atoms. The minimum atomic E-state index is -0.958. The summed E-state index contributed by atoms with van der Waals surface area (Å²) < 4.78 is 13.7. The Bertz CT molecular complexity index is 859. The molecule has 1 saturated carbocycles. The second kappa shape index (κ2) is 7.62. The molecule has 1 aliphatic carbocycles. The van der Waals surface area contributed by atoms with E-state index in [2.05, 4.69) is 22.3 Å². The van der Waals surface area contributed by atoms with Crippen LogP contribution in [0.3, 0.4) is 0 Å². The number of benzene rings is 2. The number of rotatable bonds is 5. The number of piperazine rings is 1. The van der Waals surface area contributed by atoms with E-state index in [9.17, 15) is 14.0 Å². The van der Waals surface area contributed by atoms with Crippen LogP contribution in [0.15, 0.2) is 54.6 Å². The molecule has 0 aromatic heterocycles. The third-order valence-corrected chi connectivity index (χ3v) is 5.68. The van der Waals surface area contributed by atoms with Crippen molar-refractivity contribution in [3.63, 3.8) is 0 Å². The van der Waals surface area contributed by atoms with Crippen LogP contribution < -0.4 is 10.2 Å². The predicted octanol–water partition coefficient (Wildman–Crippen LogP) is 2.57. The molecule has 5 nitrogen and oxygen atoms in total. The van der Waals surface area contributed by atoms with Crippen LogP contribution in [-0.4, -0.2) is 42.9 Å². The van der Waals surface area contributed by atoms with Crippen molar-refractivity contribution >= 4 is 17.5 Å². The van der Waals surface area contributed by atoms with Crippen LogP contribution in [0.5, 0.6) is 0 Å². The van der Waals surface area contributed by atoms with E-state index in [4.69, 9.17) is 0 Å². The standard InChI is InChI=1S/C22H24FN3O2/c23-19-9-5-4-6-17(19)16-24-20(27)22(10-11-22)21(28)26-14-12-25(13-15-26)18-7-2-1-3-8-18/h1-9H,10-16H2,(H,24,27). The van der Waals surface area contributed by atoms with Gasteiger partial charge in [-0.1, -0.05) is 36.4 Å². The molecular weight excluding hydrogens is 357 g/mol. The molecular formula is C22H24FN3O2. The fourth-order valence-corrected chi connectivity index (χ4v) is 3.76. The van der Waals surface area contributed by atoms with Crippen molar-refractivity contribution in [2.45, 2.75) is 19.4 Å². The van der Waals surface area contributed by atoms with Gasteiger partial charge in [-0.25, -0.2) is 4.39 Å².